The van der Waals surface area contributed by atoms with Gasteiger partial charge in [-0.2, -0.15) is 5.10 Å². The summed E-state index contributed by atoms with van der Waals surface area (Å²) in [4.78, 5) is 20.1. The number of rotatable bonds is 4. The van der Waals surface area contributed by atoms with E-state index in [9.17, 15) is 4.79 Å². The molecule has 3 heterocycles. The molecule has 1 aliphatic carbocycles. The van der Waals surface area contributed by atoms with Gasteiger partial charge < -0.3 is 10.2 Å². The molecule has 1 aliphatic heterocycles. The molecule has 1 saturated heterocycles. The zero-order valence-electron chi connectivity index (χ0n) is 18.4. The summed E-state index contributed by atoms with van der Waals surface area (Å²) in [6.45, 7) is 10.9. The van der Waals surface area contributed by atoms with E-state index in [2.05, 4.69) is 39.1 Å². The molecular weight excluding hydrogens is 362 g/mol. The van der Waals surface area contributed by atoms with E-state index in [-0.39, 0.29) is 11.4 Å². The topological polar surface area (TPSA) is 62.5 Å². The molecule has 6 nitrogen and oxygen atoms in total. The van der Waals surface area contributed by atoms with Crippen LogP contribution >= 0.6 is 0 Å². The Bertz CT molecular complexity index is 879. The number of piperazine rings is 1. The van der Waals surface area contributed by atoms with Gasteiger partial charge in [0.15, 0.2) is 11.3 Å². The second-order valence-corrected chi connectivity index (χ2v) is 9.78. The molecule has 0 bridgehead atoms. The molecule has 4 rings (SSSR count). The van der Waals surface area contributed by atoms with Gasteiger partial charge in [0.05, 0.1) is 5.54 Å². The van der Waals surface area contributed by atoms with Gasteiger partial charge in [-0.1, -0.05) is 46.0 Å². The molecule has 0 aromatic carbocycles. The average molecular weight is 398 g/mol. The molecule has 2 aromatic heterocycles. The van der Waals surface area contributed by atoms with Crippen molar-refractivity contribution in [1.29, 1.82) is 0 Å². The Labute approximate surface area is 174 Å². The molecule has 1 N–H and O–H groups in total. The summed E-state index contributed by atoms with van der Waals surface area (Å²) >= 11 is 0. The van der Waals surface area contributed by atoms with Crippen LogP contribution in [0.15, 0.2) is 12.1 Å². The molecule has 158 valence electrons. The zero-order chi connectivity index (χ0) is 20.6. The van der Waals surface area contributed by atoms with Crippen molar-refractivity contribution in [2.75, 3.05) is 19.6 Å². The van der Waals surface area contributed by atoms with E-state index in [1.165, 1.54) is 32.1 Å². The quantitative estimate of drug-likeness (QED) is 0.852. The number of nitrogens with one attached hydrogen (secondary N) is 1. The highest BCUT2D eigenvalue weighted by molar-refractivity contribution is 5.94. The van der Waals surface area contributed by atoms with E-state index < -0.39 is 0 Å². The van der Waals surface area contributed by atoms with Crippen LogP contribution in [0.3, 0.4) is 0 Å². The fourth-order valence-corrected chi connectivity index (χ4v) is 4.86. The van der Waals surface area contributed by atoms with Crippen molar-refractivity contribution in [3.8, 4) is 0 Å². The predicted octanol–water partition coefficient (Wildman–Crippen LogP) is 3.80. The van der Waals surface area contributed by atoms with Crippen molar-refractivity contribution < 1.29 is 4.79 Å². The summed E-state index contributed by atoms with van der Waals surface area (Å²) in [5.41, 5.74) is 3.38. The van der Waals surface area contributed by atoms with Gasteiger partial charge in [0.2, 0.25) is 0 Å². The lowest BCUT2D eigenvalue weighted by atomic mass is 9.86. The van der Waals surface area contributed by atoms with E-state index in [1.807, 2.05) is 15.5 Å². The average Bonchev–Trinajstić information content (AvgIpc) is 3.11. The number of carbonyl (C=O) groups is 1. The molecule has 0 atom stereocenters. The van der Waals surface area contributed by atoms with Crippen LogP contribution in [0.5, 0.6) is 0 Å². The van der Waals surface area contributed by atoms with E-state index >= 15 is 0 Å². The van der Waals surface area contributed by atoms with Gasteiger partial charge in [0.1, 0.15) is 0 Å². The highest BCUT2D eigenvalue weighted by atomic mass is 16.2. The van der Waals surface area contributed by atoms with Crippen molar-refractivity contribution in [1.82, 2.24) is 24.8 Å². The molecule has 1 amide bonds. The number of aromatic nitrogens is 3. The van der Waals surface area contributed by atoms with E-state index in [0.717, 1.165) is 42.5 Å². The number of hydrogen-bond acceptors (Lipinski definition) is 4. The Kier molecular flexibility index (Phi) is 5.65. The number of fused-ring (bicyclic) bond motifs is 1. The van der Waals surface area contributed by atoms with Crippen molar-refractivity contribution in [2.45, 2.75) is 77.7 Å². The standard InChI is InChI=1S/C23H35N5O/c1-16(2)20-13-18(12-17-8-6-5-7-9-17)25-21-14-19(26-28(20)21)22(29)27-11-10-24-15-23(27,3)4/h13-14,16-17,24H,5-12,15H2,1-4H3. The van der Waals surface area contributed by atoms with Crippen LogP contribution < -0.4 is 5.32 Å². The monoisotopic (exact) mass is 397 g/mol. The third kappa shape index (κ3) is 4.18. The van der Waals surface area contributed by atoms with Gasteiger partial charge >= 0.3 is 0 Å². The van der Waals surface area contributed by atoms with Crippen LogP contribution in [0, 0.1) is 5.92 Å². The van der Waals surface area contributed by atoms with Crippen LogP contribution in [0.1, 0.15) is 87.6 Å². The van der Waals surface area contributed by atoms with Gasteiger partial charge in [-0.05, 0) is 38.2 Å². The first-order valence-electron chi connectivity index (χ1n) is 11.3. The highest BCUT2D eigenvalue weighted by Crippen LogP contribution is 2.28. The minimum atomic E-state index is -0.217. The summed E-state index contributed by atoms with van der Waals surface area (Å²) in [6.07, 6.45) is 7.72. The van der Waals surface area contributed by atoms with E-state index in [0.29, 0.717) is 18.2 Å². The fourth-order valence-electron chi connectivity index (χ4n) is 4.86. The lowest BCUT2D eigenvalue weighted by Crippen LogP contribution is -2.59. The molecule has 2 fully saturated rings. The number of amides is 1. The third-order valence-electron chi connectivity index (χ3n) is 6.59. The summed E-state index contributed by atoms with van der Waals surface area (Å²) in [6, 6.07) is 4.10. The van der Waals surface area contributed by atoms with E-state index in [4.69, 9.17) is 10.1 Å². The summed E-state index contributed by atoms with van der Waals surface area (Å²) < 4.78 is 1.89. The minimum absolute atomic E-state index is 0.00513. The van der Waals surface area contributed by atoms with Crippen LogP contribution in [0.2, 0.25) is 0 Å². The largest absolute Gasteiger partial charge is 0.330 e. The lowest BCUT2D eigenvalue weighted by molar-refractivity contribution is 0.0471. The van der Waals surface area contributed by atoms with Crippen molar-refractivity contribution >= 4 is 11.6 Å². The minimum Gasteiger partial charge on any atom is -0.330 e. The van der Waals surface area contributed by atoms with Crippen molar-refractivity contribution in [2.24, 2.45) is 5.92 Å². The van der Waals surface area contributed by atoms with Gasteiger partial charge in [-0.25, -0.2) is 9.50 Å². The van der Waals surface area contributed by atoms with Crippen LogP contribution in [0.4, 0.5) is 0 Å². The first kappa shape index (κ1) is 20.3. The van der Waals surface area contributed by atoms with E-state index in [1.54, 1.807) is 0 Å². The van der Waals surface area contributed by atoms with Gasteiger partial charge in [0, 0.05) is 37.1 Å². The van der Waals surface area contributed by atoms with Crippen LogP contribution in [-0.2, 0) is 6.42 Å². The molecule has 0 radical (unpaired) electrons. The highest BCUT2D eigenvalue weighted by Gasteiger charge is 2.35. The SMILES string of the molecule is CC(C)c1cc(CC2CCCCC2)nc2cc(C(=O)N3CCNCC3(C)C)nn12. The molecule has 0 unspecified atom stereocenters. The van der Waals surface area contributed by atoms with Gasteiger partial charge in [-0.15, -0.1) is 0 Å². The number of carbonyl (C=O) groups excluding carboxylic acids is 1. The smallest absolute Gasteiger partial charge is 0.274 e. The van der Waals surface area contributed by atoms with Gasteiger partial charge in [-0.3, -0.25) is 4.79 Å². The Morgan fingerprint density at radius 1 is 1.24 bits per heavy atom. The first-order valence-corrected chi connectivity index (χ1v) is 11.3. The normalized spacial score (nSPS) is 20.5. The molecular formula is C23H35N5O. The molecule has 6 heteroatoms. The zero-order valence-corrected chi connectivity index (χ0v) is 18.4. The van der Waals surface area contributed by atoms with Crippen molar-refractivity contribution in [3.05, 3.63) is 29.2 Å². The maximum atomic E-state index is 13.3. The molecule has 1 saturated carbocycles. The summed E-state index contributed by atoms with van der Waals surface area (Å²) in [7, 11) is 0. The van der Waals surface area contributed by atoms with Crippen LogP contribution in [0.25, 0.3) is 5.65 Å². The Balaban J connectivity index is 1.66. The summed E-state index contributed by atoms with van der Waals surface area (Å²) in [5.74, 6) is 1.07. The first-order chi connectivity index (χ1) is 13.8. The fraction of sp³-hybridized carbons (Fsp3) is 0.696. The van der Waals surface area contributed by atoms with Crippen molar-refractivity contribution in [3.63, 3.8) is 0 Å². The Hall–Kier alpha value is -1.95. The molecule has 2 aliphatic rings. The second-order valence-electron chi connectivity index (χ2n) is 9.78. The Morgan fingerprint density at radius 2 is 2.00 bits per heavy atom. The predicted molar refractivity (Wildman–Crippen MR) is 115 cm³/mol. The van der Waals surface area contributed by atoms with Crippen LogP contribution in [-0.4, -0.2) is 50.6 Å². The summed E-state index contributed by atoms with van der Waals surface area (Å²) in [5, 5.41) is 8.08. The maximum absolute atomic E-state index is 13.3. The molecule has 0 spiro atoms. The maximum Gasteiger partial charge on any atom is 0.274 e. The number of hydrogen-bond donors (Lipinski definition) is 1. The number of nitrogens with zero attached hydrogens (tertiary/aromatic N) is 4. The Morgan fingerprint density at radius 3 is 2.69 bits per heavy atom. The molecule has 29 heavy (non-hydrogen) atoms. The lowest BCUT2D eigenvalue weighted by Gasteiger charge is -2.42. The third-order valence-corrected chi connectivity index (χ3v) is 6.59. The molecule has 2 aromatic rings. The second kappa shape index (κ2) is 8.05. The van der Waals surface area contributed by atoms with Gasteiger partial charge in [0.25, 0.3) is 5.91 Å².